The highest BCUT2D eigenvalue weighted by Crippen LogP contribution is 2.40. The lowest BCUT2D eigenvalue weighted by molar-refractivity contribution is -0.150. The second kappa shape index (κ2) is 8.52. The number of halogens is 1. The van der Waals surface area contributed by atoms with Gasteiger partial charge in [-0.3, -0.25) is 19.3 Å². The van der Waals surface area contributed by atoms with Crippen LogP contribution in [0.5, 0.6) is 0 Å². The lowest BCUT2D eigenvalue weighted by atomic mass is 10.0. The number of hydrogen-bond acceptors (Lipinski definition) is 8. The molecule has 0 aliphatic carbocycles. The summed E-state index contributed by atoms with van der Waals surface area (Å²) in [4.78, 5) is 53.3. The molecule has 0 spiro atoms. The van der Waals surface area contributed by atoms with Crippen LogP contribution in [0.1, 0.15) is 0 Å². The monoisotopic (exact) mass is 405 g/mol. The Hall–Kier alpha value is -2.11. The van der Waals surface area contributed by atoms with E-state index < -0.39 is 46.6 Å². The van der Waals surface area contributed by atoms with Crippen LogP contribution < -0.4 is 5.32 Å². The zero-order valence-electron chi connectivity index (χ0n) is 13.9. The molecular weight excluding hydrogens is 390 g/mol. The molecule has 1 saturated heterocycles. The molecule has 2 N–H and O–H groups in total. The first kappa shape index (κ1) is 20.2. The molecule has 0 aromatic heterocycles. The van der Waals surface area contributed by atoms with Crippen LogP contribution in [0.3, 0.4) is 0 Å². The molecular formula is C14H16ClN3O7S. The summed E-state index contributed by atoms with van der Waals surface area (Å²) in [7, 11) is 2.58. The van der Waals surface area contributed by atoms with E-state index in [1.54, 1.807) is 0 Å². The van der Waals surface area contributed by atoms with Crippen molar-refractivity contribution in [1.82, 2.24) is 10.2 Å². The van der Waals surface area contributed by atoms with Crippen LogP contribution in [-0.4, -0.2) is 83.2 Å². The third-order valence-corrected chi connectivity index (χ3v) is 5.22. The molecule has 1 unspecified atom stereocenters. The normalized spacial score (nSPS) is 22.5. The van der Waals surface area contributed by atoms with Crippen LogP contribution in [-0.2, 0) is 28.8 Å². The number of carboxylic acid groups (broad SMARTS) is 1. The Kier molecular flexibility index (Phi) is 6.62. The molecule has 12 heteroatoms. The molecule has 142 valence electrons. The van der Waals surface area contributed by atoms with Crippen molar-refractivity contribution in [3.8, 4) is 0 Å². The number of hydrogen-bond donors (Lipinski definition) is 2. The predicted octanol–water partition coefficient (Wildman–Crippen LogP) is -0.818. The number of alkyl halides is 1. The minimum atomic E-state index is -1.25. The average molecular weight is 406 g/mol. The number of aliphatic carboxylic acids is 1. The molecule has 0 aromatic rings. The van der Waals surface area contributed by atoms with Crippen molar-refractivity contribution in [2.75, 3.05) is 32.5 Å². The first-order valence-corrected chi connectivity index (χ1v) is 8.85. The summed E-state index contributed by atoms with van der Waals surface area (Å²) in [5.41, 5.74) is -0.240. The molecule has 0 aromatic carbocycles. The van der Waals surface area contributed by atoms with E-state index in [1.807, 2.05) is 0 Å². The number of carboxylic acids is 1. The third kappa shape index (κ3) is 3.69. The standard InChI is InChI=1S/C14H16ClN3O7S/c1-24-4-6-5-26-13-9(12(21)18(13)10(6)14(22)23)16-11(20)8(17-25-2)7(19)3-15/h9,13H,3-5H2,1-2H3,(H,16,20)(H,22,23)/b17-8+/t9?,13-/m1/s1. The number of oxime groups is 1. The fourth-order valence-corrected chi connectivity index (χ4v) is 4.01. The van der Waals surface area contributed by atoms with Crippen molar-refractivity contribution in [3.63, 3.8) is 0 Å². The van der Waals surface area contributed by atoms with Crippen molar-refractivity contribution < 1.29 is 33.9 Å². The zero-order chi connectivity index (χ0) is 19.4. The molecule has 26 heavy (non-hydrogen) atoms. The number of fused-ring (bicyclic) bond motifs is 1. The third-order valence-electron chi connectivity index (χ3n) is 3.64. The topological polar surface area (TPSA) is 135 Å². The number of carbonyl (C=O) groups is 4. The number of methoxy groups -OCH3 is 1. The van der Waals surface area contributed by atoms with E-state index in [4.69, 9.17) is 16.3 Å². The fourth-order valence-electron chi connectivity index (χ4n) is 2.55. The SMILES string of the molecule is COCC1=C(C(=O)O)N2C(=O)C(NC(=O)/C(=N/OC)C(=O)CCl)[C@H]2SC1. The Morgan fingerprint density at radius 3 is 2.65 bits per heavy atom. The van der Waals surface area contributed by atoms with Gasteiger partial charge in [0.15, 0.2) is 0 Å². The molecule has 10 nitrogen and oxygen atoms in total. The molecule has 2 rings (SSSR count). The van der Waals surface area contributed by atoms with Crippen LogP contribution in [0, 0.1) is 0 Å². The molecule has 0 bridgehead atoms. The highest BCUT2D eigenvalue weighted by molar-refractivity contribution is 8.00. The molecule has 2 aliphatic heterocycles. The number of amides is 2. The second-order valence-electron chi connectivity index (χ2n) is 5.23. The van der Waals surface area contributed by atoms with E-state index in [9.17, 15) is 24.3 Å². The van der Waals surface area contributed by atoms with Gasteiger partial charge in [-0.15, -0.1) is 23.4 Å². The molecule has 0 saturated carbocycles. The summed E-state index contributed by atoms with van der Waals surface area (Å²) >= 11 is 6.70. The highest BCUT2D eigenvalue weighted by atomic mass is 35.5. The van der Waals surface area contributed by atoms with Crippen molar-refractivity contribution in [1.29, 1.82) is 0 Å². The Balaban J connectivity index is 2.18. The summed E-state index contributed by atoms with van der Waals surface area (Å²) in [5, 5.41) is 14.5. The van der Waals surface area contributed by atoms with Crippen molar-refractivity contribution >= 4 is 52.6 Å². The first-order valence-electron chi connectivity index (χ1n) is 7.27. The van der Waals surface area contributed by atoms with Gasteiger partial charge in [0.1, 0.15) is 24.2 Å². The molecule has 2 heterocycles. The maximum Gasteiger partial charge on any atom is 0.352 e. The molecule has 2 atom stereocenters. The van der Waals surface area contributed by atoms with E-state index in [2.05, 4.69) is 15.3 Å². The van der Waals surface area contributed by atoms with Gasteiger partial charge in [-0.05, 0) is 5.57 Å². The van der Waals surface area contributed by atoms with E-state index >= 15 is 0 Å². The summed E-state index contributed by atoms with van der Waals surface area (Å²) in [5.74, 6) is -3.68. The number of ketones is 1. The van der Waals surface area contributed by atoms with Gasteiger partial charge < -0.3 is 20.0 Å². The van der Waals surface area contributed by atoms with Gasteiger partial charge in [-0.1, -0.05) is 5.16 Å². The minimum absolute atomic E-state index is 0.0804. The number of nitrogens with one attached hydrogen (secondary N) is 1. The van der Waals surface area contributed by atoms with E-state index in [-0.39, 0.29) is 12.3 Å². The lowest BCUT2D eigenvalue weighted by Gasteiger charge is -2.49. The highest BCUT2D eigenvalue weighted by Gasteiger charge is 2.54. The number of nitrogens with zero attached hydrogens (tertiary/aromatic N) is 2. The molecule has 2 amide bonds. The molecule has 2 aliphatic rings. The maximum atomic E-state index is 12.4. The second-order valence-corrected chi connectivity index (χ2v) is 6.60. The van der Waals surface area contributed by atoms with Crippen LogP contribution >= 0.6 is 23.4 Å². The first-order chi connectivity index (χ1) is 12.4. The van der Waals surface area contributed by atoms with Crippen LogP contribution in [0.15, 0.2) is 16.4 Å². The Bertz CT molecular complexity index is 709. The number of rotatable bonds is 8. The number of β-lactam (4-membered cyclic amide) rings is 1. The van der Waals surface area contributed by atoms with E-state index in [1.165, 1.54) is 18.9 Å². The van der Waals surface area contributed by atoms with Gasteiger partial charge >= 0.3 is 5.97 Å². The molecule has 1 fully saturated rings. The van der Waals surface area contributed by atoms with Gasteiger partial charge in [0.25, 0.3) is 11.8 Å². The fraction of sp³-hybridized carbons (Fsp3) is 0.500. The van der Waals surface area contributed by atoms with Gasteiger partial charge in [0, 0.05) is 12.9 Å². The number of carbonyl (C=O) groups excluding carboxylic acids is 3. The summed E-state index contributed by atoms with van der Waals surface area (Å²) in [6, 6.07) is -0.990. The van der Waals surface area contributed by atoms with Crippen LogP contribution in [0.2, 0.25) is 0 Å². The number of Topliss-reactive ketones (excluding diaryl/α,β-unsaturated/α-hetero) is 1. The minimum Gasteiger partial charge on any atom is -0.477 e. The zero-order valence-corrected chi connectivity index (χ0v) is 15.4. The Labute approximate surface area is 157 Å². The Morgan fingerprint density at radius 2 is 2.12 bits per heavy atom. The van der Waals surface area contributed by atoms with Gasteiger partial charge in [-0.25, -0.2) is 4.79 Å². The number of ether oxygens (including phenoxy) is 1. The van der Waals surface area contributed by atoms with Gasteiger partial charge in [0.2, 0.25) is 11.5 Å². The summed E-state index contributed by atoms with van der Waals surface area (Å²) in [6.45, 7) is 0.0804. The lowest BCUT2D eigenvalue weighted by Crippen LogP contribution is -2.71. The summed E-state index contributed by atoms with van der Waals surface area (Å²) < 4.78 is 4.97. The van der Waals surface area contributed by atoms with Crippen molar-refractivity contribution in [2.45, 2.75) is 11.4 Å². The molecule has 0 radical (unpaired) electrons. The predicted molar refractivity (Wildman–Crippen MR) is 91.7 cm³/mol. The smallest absolute Gasteiger partial charge is 0.352 e. The van der Waals surface area contributed by atoms with Crippen molar-refractivity contribution in [3.05, 3.63) is 11.3 Å². The largest absolute Gasteiger partial charge is 0.477 e. The number of thioether (sulfide) groups is 1. The van der Waals surface area contributed by atoms with Crippen molar-refractivity contribution in [2.24, 2.45) is 5.16 Å². The maximum absolute atomic E-state index is 12.4. The van der Waals surface area contributed by atoms with Gasteiger partial charge in [-0.2, -0.15) is 0 Å². The van der Waals surface area contributed by atoms with Crippen LogP contribution in [0.4, 0.5) is 0 Å². The Morgan fingerprint density at radius 1 is 1.42 bits per heavy atom. The van der Waals surface area contributed by atoms with E-state index in [0.717, 1.165) is 12.0 Å². The van der Waals surface area contributed by atoms with E-state index in [0.29, 0.717) is 11.3 Å². The average Bonchev–Trinajstić information content (AvgIpc) is 2.62. The van der Waals surface area contributed by atoms with Crippen LogP contribution in [0.25, 0.3) is 0 Å². The summed E-state index contributed by atoms with van der Waals surface area (Å²) in [6.07, 6.45) is 0. The van der Waals surface area contributed by atoms with Gasteiger partial charge in [0.05, 0.1) is 12.5 Å². The quantitative estimate of drug-likeness (QED) is 0.176.